The van der Waals surface area contributed by atoms with Gasteiger partial charge in [-0.3, -0.25) is 4.79 Å². The highest BCUT2D eigenvalue weighted by Crippen LogP contribution is 2.12. The summed E-state index contributed by atoms with van der Waals surface area (Å²) in [5.74, 6) is 0.0567. The zero-order valence-electron chi connectivity index (χ0n) is 12.5. The van der Waals surface area contributed by atoms with Gasteiger partial charge in [-0.1, -0.05) is 23.4 Å². The molecule has 21 heavy (non-hydrogen) atoms. The number of aromatic nitrogens is 1. The van der Waals surface area contributed by atoms with Crippen molar-refractivity contribution in [1.82, 2.24) is 10.5 Å². The van der Waals surface area contributed by atoms with E-state index < -0.39 is 0 Å². The van der Waals surface area contributed by atoms with Gasteiger partial charge in [0.1, 0.15) is 0 Å². The van der Waals surface area contributed by atoms with Crippen molar-refractivity contribution in [3.63, 3.8) is 0 Å². The maximum Gasteiger partial charge on any atom is 0.289 e. The Bertz CT molecular complexity index is 566. The summed E-state index contributed by atoms with van der Waals surface area (Å²) in [6, 6.07) is 11.9. The molecule has 1 aromatic heterocycles. The molecule has 0 fully saturated rings. The van der Waals surface area contributed by atoms with Crippen LogP contribution in [0.25, 0.3) is 0 Å². The van der Waals surface area contributed by atoms with Crippen LogP contribution in [0.1, 0.15) is 29.6 Å². The molecule has 112 valence electrons. The molecule has 0 spiro atoms. The monoisotopic (exact) mass is 287 g/mol. The highest BCUT2D eigenvalue weighted by Gasteiger charge is 2.10. The van der Waals surface area contributed by atoms with Crippen LogP contribution >= 0.6 is 0 Å². The molecule has 2 rings (SSSR count). The van der Waals surface area contributed by atoms with Crippen molar-refractivity contribution in [2.75, 3.05) is 24.5 Å². The molecule has 0 saturated heterocycles. The molecule has 5 nitrogen and oxygen atoms in total. The fourth-order valence-electron chi connectivity index (χ4n) is 2.14. The lowest BCUT2D eigenvalue weighted by atomic mass is 10.2. The minimum atomic E-state index is -0.210. The predicted molar refractivity (Wildman–Crippen MR) is 82.5 cm³/mol. The third kappa shape index (κ3) is 4.34. The second-order valence-electron chi connectivity index (χ2n) is 4.86. The molecule has 5 heteroatoms. The zero-order valence-corrected chi connectivity index (χ0v) is 12.5. The number of para-hydroxylation sites is 1. The molecular weight excluding hydrogens is 266 g/mol. The van der Waals surface area contributed by atoms with Crippen molar-refractivity contribution in [1.29, 1.82) is 0 Å². The lowest BCUT2D eigenvalue weighted by Crippen LogP contribution is -2.29. The molecule has 1 amide bonds. The summed E-state index contributed by atoms with van der Waals surface area (Å²) in [5.41, 5.74) is 1.92. The molecule has 0 aliphatic heterocycles. The van der Waals surface area contributed by atoms with E-state index in [1.807, 2.05) is 18.2 Å². The Hall–Kier alpha value is -2.30. The van der Waals surface area contributed by atoms with Crippen molar-refractivity contribution < 1.29 is 9.32 Å². The van der Waals surface area contributed by atoms with E-state index >= 15 is 0 Å². The number of nitrogens with zero attached hydrogens (tertiary/aromatic N) is 2. The van der Waals surface area contributed by atoms with Crippen LogP contribution in [0.2, 0.25) is 0 Å². The minimum Gasteiger partial charge on any atom is -0.372 e. The van der Waals surface area contributed by atoms with Crippen LogP contribution in [0, 0.1) is 6.92 Å². The molecule has 1 aromatic carbocycles. The maximum absolute atomic E-state index is 11.8. The second kappa shape index (κ2) is 7.47. The Morgan fingerprint density at radius 3 is 2.71 bits per heavy atom. The first-order chi connectivity index (χ1) is 10.2. The SMILES string of the molecule is CCN(CCCNC(=O)c1cc(C)no1)c1ccccc1. The lowest BCUT2D eigenvalue weighted by molar-refractivity contribution is 0.0916. The Balaban J connectivity index is 1.75. The highest BCUT2D eigenvalue weighted by atomic mass is 16.5. The largest absolute Gasteiger partial charge is 0.372 e. The summed E-state index contributed by atoms with van der Waals surface area (Å²) >= 11 is 0. The van der Waals surface area contributed by atoms with E-state index in [0.717, 1.165) is 19.5 Å². The van der Waals surface area contributed by atoms with Gasteiger partial charge in [0.15, 0.2) is 0 Å². The molecule has 0 radical (unpaired) electrons. The molecule has 0 bridgehead atoms. The molecule has 0 aliphatic rings. The van der Waals surface area contributed by atoms with Gasteiger partial charge in [0, 0.05) is 31.4 Å². The number of carbonyl (C=O) groups excluding carboxylic acids is 1. The van der Waals surface area contributed by atoms with E-state index in [1.54, 1.807) is 13.0 Å². The van der Waals surface area contributed by atoms with Gasteiger partial charge in [-0.25, -0.2) is 0 Å². The number of rotatable bonds is 7. The first-order valence-corrected chi connectivity index (χ1v) is 7.22. The average Bonchev–Trinajstić information content (AvgIpc) is 2.95. The number of carbonyl (C=O) groups is 1. The van der Waals surface area contributed by atoms with Gasteiger partial charge in [0.2, 0.25) is 5.76 Å². The van der Waals surface area contributed by atoms with Crippen molar-refractivity contribution in [3.05, 3.63) is 47.9 Å². The Labute approximate surface area is 124 Å². The topological polar surface area (TPSA) is 58.4 Å². The Morgan fingerprint density at radius 1 is 1.33 bits per heavy atom. The van der Waals surface area contributed by atoms with Gasteiger partial charge in [0.25, 0.3) is 5.91 Å². The van der Waals surface area contributed by atoms with Crippen LogP contribution in [0.3, 0.4) is 0 Å². The van der Waals surface area contributed by atoms with E-state index in [9.17, 15) is 4.79 Å². The van der Waals surface area contributed by atoms with Gasteiger partial charge < -0.3 is 14.7 Å². The van der Waals surface area contributed by atoms with Crippen LogP contribution in [0.5, 0.6) is 0 Å². The maximum atomic E-state index is 11.8. The first-order valence-electron chi connectivity index (χ1n) is 7.22. The summed E-state index contributed by atoms with van der Waals surface area (Å²) in [7, 11) is 0. The number of amides is 1. The minimum absolute atomic E-state index is 0.210. The van der Waals surface area contributed by atoms with E-state index in [-0.39, 0.29) is 11.7 Å². The second-order valence-corrected chi connectivity index (χ2v) is 4.86. The van der Waals surface area contributed by atoms with Crippen LogP contribution < -0.4 is 10.2 Å². The highest BCUT2D eigenvalue weighted by molar-refractivity contribution is 5.91. The summed E-state index contributed by atoms with van der Waals surface area (Å²) in [4.78, 5) is 14.1. The molecule has 1 N–H and O–H groups in total. The van der Waals surface area contributed by atoms with Gasteiger partial charge in [-0.2, -0.15) is 0 Å². The average molecular weight is 287 g/mol. The molecule has 0 saturated carbocycles. The molecule has 0 unspecified atom stereocenters. The third-order valence-electron chi connectivity index (χ3n) is 3.25. The molecule has 2 aromatic rings. The summed E-state index contributed by atoms with van der Waals surface area (Å²) in [6.07, 6.45) is 0.877. The number of hydrogen-bond acceptors (Lipinski definition) is 4. The predicted octanol–water partition coefficient (Wildman–Crippen LogP) is 2.63. The first kappa shape index (κ1) is 15.1. The van der Waals surface area contributed by atoms with Gasteiger partial charge in [0.05, 0.1) is 5.69 Å². The number of aryl methyl sites for hydroxylation is 1. The van der Waals surface area contributed by atoms with Crippen molar-refractivity contribution in [2.24, 2.45) is 0 Å². The van der Waals surface area contributed by atoms with Crippen LogP contribution in [0.4, 0.5) is 5.69 Å². The Kier molecular flexibility index (Phi) is 5.37. The molecule has 0 atom stereocenters. The Morgan fingerprint density at radius 2 is 2.10 bits per heavy atom. The fraction of sp³-hybridized carbons (Fsp3) is 0.375. The quantitative estimate of drug-likeness (QED) is 0.795. The zero-order chi connectivity index (χ0) is 15.1. The van der Waals surface area contributed by atoms with Crippen LogP contribution in [0.15, 0.2) is 40.9 Å². The van der Waals surface area contributed by atoms with Crippen molar-refractivity contribution in [2.45, 2.75) is 20.3 Å². The summed E-state index contributed by atoms with van der Waals surface area (Å²) < 4.78 is 4.92. The number of benzene rings is 1. The summed E-state index contributed by atoms with van der Waals surface area (Å²) in [6.45, 7) is 6.37. The normalized spacial score (nSPS) is 10.4. The lowest BCUT2D eigenvalue weighted by Gasteiger charge is -2.23. The standard InChI is InChI=1S/C16H21N3O2/c1-3-19(14-8-5-4-6-9-14)11-7-10-17-16(20)15-12-13(2)18-21-15/h4-6,8-9,12H,3,7,10-11H2,1-2H3,(H,17,20). The summed E-state index contributed by atoms with van der Waals surface area (Å²) in [5, 5.41) is 6.55. The fourth-order valence-corrected chi connectivity index (χ4v) is 2.14. The van der Waals surface area contributed by atoms with Crippen LogP contribution in [-0.4, -0.2) is 30.7 Å². The number of anilines is 1. The van der Waals surface area contributed by atoms with E-state index in [4.69, 9.17) is 4.52 Å². The van der Waals surface area contributed by atoms with Gasteiger partial charge in [-0.15, -0.1) is 0 Å². The van der Waals surface area contributed by atoms with Crippen molar-refractivity contribution in [3.8, 4) is 0 Å². The molecule has 1 heterocycles. The van der Waals surface area contributed by atoms with Gasteiger partial charge in [-0.05, 0) is 32.4 Å². The number of nitrogens with one attached hydrogen (secondary N) is 1. The van der Waals surface area contributed by atoms with Crippen LogP contribution in [-0.2, 0) is 0 Å². The van der Waals surface area contributed by atoms with E-state index in [1.165, 1.54) is 5.69 Å². The van der Waals surface area contributed by atoms with Gasteiger partial charge >= 0.3 is 0 Å². The van der Waals surface area contributed by atoms with E-state index in [2.05, 4.69) is 34.4 Å². The molecule has 0 aliphatic carbocycles. The molecular formula is C16H21N3O2. The third-order valence-corrected chi connectivity index (χ3v) is 3.25. The van der Waals surface area contributed by atoms with Crippen molar-refractivity contribution >= 4 is 11.6 Å². The number of hydrogen-bond donors (Lipinski definition) is 1. The smallest absolute Gasteiger partial charge is 0.289 e. The van der Waals surface area contributed by atoms with E-state index in [0.29, 0.717) is 12.2 Å².